The Hall–Kier alpha value is -1.38. The molecule has 94 valence electrons. The lowest BCUT2D eigenvalue weighted by Gasteiger charge is -2.08. The molecule has 0 aliphatic carbocycles. The van der Waals surface area contributed by atoms with Gasteiger partial charge >= 0.3 is 0 Å². The molecule has 1 N–H and O–H groups in total. The van der Waals surface area contributed by atoms with Crippen LogP contribution in [-0.2, 0) is 6.54 Å². The fourth-order valence-corrected chi connectivity index (χ4v) is 2.06. The van der Waals surface area contributed by atoms with Crippen LogP contribution < -0.4 is 5.32 Å². The standard InChI is InChI=1S/C15H17ClN2/c1-2-7-18-11-14-4-3-13(10-15(14)16)12-5-8-17-9-6-12/h3-6,8-10,18H,2,7,11H2,1H3. The summed E-state index contributed by atoms with van der Waals surface area (Å²) in [4.78, 5) is 4.02. The number of hydrogen-bond donors (Lipinski definition) is 1. The Balaban J connectivity index is 2.15. The molecule has 2 rings (SSSR count). The molecule has 1 aromatic heterocycles. The molecule has 0 amide bonds. The molecule has 1 aromatic carbocycles. The second-order valence-corrected chi connectivity index (χ2v) is 4.63. The van der Waals surface area contributed by atoms with E-state index in [-0.39, 0.29) is 0 Å². The van der Waals surface area contributed by atoms with Crippen LogP contribution in [0.2, 0.25) is 5.02 Å². The zero-order valence-electron chi connectivity index (χ0n) is 10.5. The highest BCUT2D eigenvalue weighted by Crippen LogP contribution is 2.25. The summed E-state index contributed by atoms with van der Waals surface area (Å²) in [6.45, 7) is 3.99. The molecule has 1 heterocycles. The maximum Gasteiger partial charge on any atom is 0.0457 e. The van der Waals surface area contributed by atoms with Gasteiger partial charge in [0.25, 0.3) is 0 Å². The molecule has 0 aliphatic heterocycles. The van der Waals surface area contributed by atoms with Gasteiger partial charge in [0.15, 0.2) is 0 Å². The van der Waals surface area contributed by atoms with Gasteiger partial charge < -0.3 is 5.32 Å². The molecule has 0 atom stereocenters. The van der Waals surface area contributed by atoms with Crippen molar-refractivity contribution >= 4 is 11.6 Å². The van der Waals surface area contributed by atoms with E-state index in [1.54, 1.807) is 12.4 Å². The van der Waals surface area contributed by atoms with Crippen molar-refractivity contribution in [1.29, 1.82) is 0 Å². The van der Waals surface area contributed by atoms with E-state index in [1.165, 1.54) is 0 Å². The Morgan fingerprint density at radius 2 is 1.89 bits per heavy atom. The zero-order valence-corrected chi connectivity index (χ0v) is 11.2. The van der Waals surface area contributed by atoms with Gasteiger partial charge in [-0.1, -0.05) is 30.7 Å². The van der Waals surface area contributed by atoms with Crippen LogP contribution in [0, 0.1) is 0 Å². The molecule has 18 heavy (non-hydrogen) atoms. The van der Waals surface area contributed by atoms with Crippen molar-refractivity contribution in [3.8, 4) is 11.1 Å². The summed E-state index contributed by atoms with van der Waals surface area (Å²) in [5.74, 6) is 0. The van der Waals surface area contributed by atoms with E-state index in [0.29, 0.717) is 0 Å². The van der Waals surface area contributed by atoms with Gasteiger partial charge in [0, 0.05) is 24.0 Å². The molecule has 0 unspecified atom stereocenters. The second-order valence-electron chi connectivity index (χ2n) is 4.22. The zero-order chi connectivity index (χ0) is 12.8. The van der Waals surface area contributed by atoms with Crippen molar-refractivity contribution in [2.45, 2.75) is 19.9 Å². The average molecular weight is 261 g/mol. The number of hydrogen-bond acceptors (Lipinski definition) is 2. The van der Waals surface area contributed by atoms with Gasteiger partial charge in [0.1, 0.15) is 0 Å². The van der Waals surface area contributed by atoms with E-state index in [9.17, 15) is 0 Å². The van der Waals surface area contributed by atoms with Crippen molar-refractivity contribution in [3.63, 3.8) is 0 Å². The highest BCUT2D eigenvalue weighted by Gasteiger charge is 2.03. The molecule has 2 nitrogen and oxygen atoms in total. The Bertz CT molecular complexity index is 497. The maximum absolute atomic E-state index is 6.30. The summed E-state index contributed by atoms with van der Waals surface area (Å²) >= 11 is 6.30. The van der Waals surface area contributed by atoms with Crippen LogP contribution in [0.4, 0.5) is 0 Å². The van der Waals surface area contributed by atoms with Gasteiger partial charge in [-0.05, 0) is 47.9 Å². The molecule has 0 saturated carbocycles. The van der Waals surface area contributed by atoms with E-state index in [4.69, 9.17) is 11.6 Å². The molecule has 0 saturated heterocycles. The smallest absolute Gasteiger partial charge is 0.0457 e. The van der Waals surface area contributed by atoms with E-state index in [1.807, 2.05) is 18.2 Å². The van der Waals surface area contributed by atoms with Gasteiger partial charge in [-0.3, -0.25) is 4.98 Å². The van der Waals surface area contributed by atoms with Crippen molar-refractivity contribution in [1.82, 2.24) is 10.3 Å². The maximum atomic E-state index is 6.30. The molecular weight excluding hydrogens is 244 g/mol. The van der Waals surface area contributed by atoms with Crippen molar-refractivity contribution < 1.29 is 0 Å². The molecular formula is C15H17ClN2. The van der Waals surface area contributed by atoms with Crippen LogP contribution >= 0.6 is 11.6 Å². The first-order valence-corrected chi connectivity index (χ1v) is 6.58. The topological polar surface area (TPSA) is 24.9 Å². The highest BCUT2D eigenvalue weighted by atomic mass is 35.5. The summed E-state index contributed by atoms with van der Waals surface area (Å²) in [5, 5.41) is 4.17. The van der Waals surface area contributed by atoms with Crippen LogP contribution in [0.1, 0.15) is 18.9 Å². The largest absolute Gasteiger partial charge is 0.313 e. The van der Waals surface area contributed by atoms with Crippen LogP contribution in [0.25, 0.3) is 11.1 Å². The predicted molar refractivity (Wildman–Crippen MR) is 76.7 cm³/mol. The Kier molecular flexibility index (Phi) is 4.73. The van der Waals surface area contributed by atoms with Gasteiger partial charge in [-0.25, -0.2) is 0 Å². The minimum atomic E-state index is 0.813. The molecule has 2 aromatic rings. The van der Waals surface area contributed by atoms with E-state index < -0.39 is 0 Å². The van der Waals surface area contributed by atoms with Crippen LogP contribution in [0.3, 0.4) is 0 Å². The second kappa shape index (κ2) is 6.53. The number of nitrogens with one attached hydrogen (secondary N) is 1. The molecule has 0 fully saturated rings. The van der Waals surface area contributed by atoms with Gasteiger partial charge in [0.05, 0.1) is 0 Å². The van der Waals surface area contributed by atoms with Crippen molar-refractivity contribution in [2.75, 3.05) is 6.54 Å². The van der Waals surface area contributed by atoms with Crippen molar-refractivity contribution in [2.24, 2.45) is 0 Å². The lowest BCUT2D eigenvalue weighted by Crippen LogP contribution is -2.13. The number of aromatic nitrogens is 1. The summed E-state index contributed by atoms with van der Waals surface area (Å²) in [7, 11) is 0. The summed E-state index contributed by atoms with van der Waals surface area (Å²) < 4.78 is 0. The van der Waals surface area contributed by atoms with E-state index in [0.717, 1.165) is 41.2 Å². The lowest BCUT2D eigenvalue weighted by molar-refractivity contribution is 0.675. The van der Waals surface area contributed by atoms with Gasteiger partial charge in [-0.2, -0.15) is 0 Å². The predicted octanol–water partition coefficient (Wildman–Crippen LogP) is 3.90. The fraction of sp³-hybridized carbons (Fsp3) is 0.267. The van der Waals surface area contributed by atoms with Gasteiger partial charge in [-0.15, -0.1) is 0 Å². The summed E-state index contributed by atoms with van der Waals surface area (Å²) in [6, 6.07) is 10.2. The third-order valence-corrected chi connectivity index (χ3v) is 3.16. The lowest BCUT2D eigenvalue weighted by atomic mass is 10.1. The number of benzene rings is 1. The summed E-state index contributed by atoms with van der Waals surface area (Å²) in [6.07, 6.45) is 4.71. The quantitative estimate of drug-likeness (QED) is 0.825. The van der Waals surface area contributed by atoms with Crippen molar-refractivity contribution in [3.05, 3.63) is 53.3 Å². The third kappa shape index (κ3) is 3.31. The summed E-state index contributed by atoms with van der Waals surface area (Å²) in [5.41, 5.74) is 3.41. The van der Waals surface area contributed by atoms with E-state index in [2.05, 4.69) is 29.4 Å². The molecule has 0 bridgehead atoms. The number of rotatable bonds is 5. The average Bonchev–Trinajstić information content (AvgIpc) is 2.42. The third-order valence-electron chi connectivity index (χ3n) is 2.81. The minimum Gasteiger partial charge on any atom is -0.313 e. The van der Waals surface area contributed by atoms with Crippen LogP contribution in [-0.4, -0.2) is 11.5 Å². The molecule has 0 radical (unpaired) electrons. The first kappa shape index (κ1) is 13.1. The van der Waals surface area contributed by atoms with Crippen LogP contribution in [0.5, 0.6) is 0 Å². The number of pyridine rings is 1. The Morgan fingerprint density at radius 1 is 1.11 bits per heavy atom. The number of nitrogens with zero attached hydrogens (tertiary/aromatic N) is 1. The van der Waals surface area contributed by atoms with E-state index >= 15 is 0 Å². The monoisotopic (exact) mass is 260 g/mol. The number of halogens is 1. The molecule has 3 heteroatoms. The first-order chi connectivity index (χ1) is 8.81. The first-order valence-electron chi connectivity index (χ1n) is 6.21. The molecule has 0 spiro atoms. The molecule has 0 aliphatic rings. The van der Waals surface area contributed by atoms with Gasteiger partial charge in [0.2, 0.25) is 0 Å². The highest BCUT2D eigenvalue weighted by molar-refractivity contribution is 6.31. The van der Waals surface area contributed by atoms with Crippen LogP contribution in [0.15, 0.2) is 42.7 Å². The normalized spacial score (nSPS) is 10.6. The Morgan fingerprint density at radius 3 is 2.56 bits per heavy atom. The Labute approximate surface area is 113 Å². The SMILES string of the molecule is CCCNCc1ccc(-c2ccncc2)cc1Cl. The minimum absolute atomic E-state index is 0.813. The fourth-order valence-electron chi connectivity index (χ4n) is 1.81.